The molecule has 2 aromatic heterocycles. The number of pyridine rings is 1. The lowest BCUT2D eigenvalue weighted by Crippen LogP contribution is -2.27. The first kappa shape index (κ1) is 15.6. The van der Waals surface area contributed by atoms with E-state index in [0.29, 0.717) is 0 Å². The summed E-state index contributed by atoms with van der Waals surface area (Å²) in [5.41, 5.74) is 3.16. The van der Waals surface area contributed by atoms with E-state index in [1.165, 1.54) is 0 Å². The van der Waals surface area contributed by atoms with Crippen molar-refractivity contribution in [2.45, 2.75) is 33.5 Å². The number of likely N-dealkylation sites (N-methyl/N-ethyl adjacent to an activating group) is 1. The molecule has 2 rings (SSSR count). The third kappa shape index (κ3) is 4.91. The van der Waals surface area contributed by atoms with Crippen molar-refractivity contribution in [1.82, 2.24) is 30.2 Å². The summed E-state index contributed by atoms with van der Waals surface area (Å²) < 4.78 is 1.90. The predicted molar refractivity (Wildman–Crippen MR) is 82.7 cm³/mol. The Balaban J connectivity index is 1.87. The van der Waals surface area contributed by atoms with Gasteiger partial charge in [-0.3, -0.25) is 14.6 Å². The first-order valence-corrected chi connectivity index (χ1v) is 7.39. The molecule has 0 spiro atoms. The minimum Gasteiger partial charge on any atom is -0.314 e. The van der Waals surface area contributed by atoms with E-state index in [2.05, 4.69) is 44.6 Å². The van der Waals surface area contributed by atoms with Crippen LogP contribution in [0.4, 0.5) is 0 Å². The molecule has 0 saturated heterocycles. The van der Waals surface area contributed by atoms with Crippen molar-refractivity contribution in [2.24, 2.45) is 0 Å². The second-order valence-corrected chi connectivity index (χ2v) is 5.14. The highest BCUT2D eigenvalue weighted by molar-refractivity contribution is 5.09. The first-order chi connectivity index (χ1) is 10.2. The molecule has 0 aliphatic rings. The average molecular weight is 288 g/mol. The summed E-state index contributed by atoms with van der Waals surface area (Å²) in [6.07, 6.45) is 2.00. The van der Waals surface area contributed by atoms with Gasteiger partial charge >= 0.3 is 0 Å². The molecule has 0 unspecified atom stereocenters. The standard InChI is InChI=1S/C15H24N6/c1-4-20(11-14-7-5-6-13(2)17-14)8-9-21-12-15(10-16-3)18-19-21/h5-7,12,16H,4,8-11H2,1-3H3. The first-order valence-electron chi connectivity index (χ1n) is 7.39. The number of nitrogens with one attached hydrogen (secondary N) is 1. The molecule has 0 amide bonds. The van der Waals surface area contributed by atoms with E-state index in [1.807, 2.05) is 30.9 Å². The van der Waals surface area contributed by atoms with Crippen LogP contribution in [0.1, 0.15) is 24.0 Å². The molecule has 0 fully saturated rings. The lowest BCUT2D eigenvalue weighted by atomic mass is 10.3. The summed E-state index contributed by atoms with van der Waals surface area (Å²) in [5, 5.41) is 11.3. The summed E-state index contributed by atoms with van der Waals surface area (Å²) in [4.78, 5) is 6.92. The summed E-state index contributed by atoms with van der Waals surface area (Å²) in [6, 6.07) is 6.17. The zero-order valence-corrected chi connectivity index (χ0v) is 13.1. The number of rotatable bonds is 8. The zero-order valence-electron chi connectivity index (χ0n) is 13.1. The summed E-state index contributed by atoms with van der Waals surface area (Å²) in [5.74, 6) is 0. The minimum atomic E-state index is 0.755. The van der Waals surface area contributed by atoms with Gasteiger partial charge in [0.2, 0.25) is 0 Å². The molecule has 2 aromatic rings. The minimum absolute atomic E-state index is 0.755. The summed E-state index contributed by atoms with van der Waals surface area (Å²) in [7, 11) is 1.91. The maximum absolute atomic E-state index is 4.56. The summed E-state index contributed by atoms with van der Waals surface area (Å²) in [6.45, 7) is 8.60. The molecule has 6 nitrogen and oxygen atoms in total. The van der Waals surface area contributed by atoms with E-state index in [9.17, 15) is 0 Å². The van der Waals surface area contributed by atoms with Gasteiger partial charge in [0.15, 0.2) is 0 Å². The van der Waals surface area contributed by atoms with Crippen LogP contribution in [0.25, 0.3) is 0 Å². The van der Waals surface area contributed by atoms with E-state index < -0.39 is 0 Å². The van der Waals surface area contributed by atoms with E-state index in [4.69, 9.17) is 0 Å². The Hall–Kier alpha value is -1.79. The Kier molecular flexibility index (Phi) is 5.83. The molecule has 0 radical (unpaired) electrons. The van der Waals surface area contributed by atoms with Crippen LogP contribution in [0.3, 0.4) is 0 Å². The molecule has 21 heavy (non-hydrogen) atoms. The molecule has 0 aromatic carbocycles. The van der Waals surface area contributed by atoms with Crippen molar-refractivity contribution < 1.29 is 0 Å². The van der Waals surface area contributed by atoms with Crippen molar-refractivity contribution >= 4 is 0 Å². The average Bonchev–Trinajstić information content (AvgIpc) is 2.91. The largest absolute Gasteiger partial charge is 0.314 e. The molecule has 2 heterocycles. The van der Waals surface area contributed by atoms with E-state index in [-0.39, 0.29) is 0 Å². The van der Waals surface area contributed by atoms with Gasteiger partial charge in [-0.2, -0.15) is 0 Å². The van der Waals surface area contributed by atoms with Gasteiger partial charge < -0.3 is 5.32 Å². The number of aromatic nitrogens is 4. The molecule has 0 aliphatic carbocycles. The van der Waals surface area contributed by atoms with E-state index >= 15 is 0 Å². The lowest BCUT2D eigenvalue weighted by molar-refractivity contribution is 0.259. The fourth-order valence-corrected chi connectivity index (χ4v) is 2.22. The number of nitrogens with zero attached hydrogens (tertiary/aromatic N) is 5. The Labute approximate surface area is 126 Å². The van der Waals surface area contributed by atoms with Crippen molar-refractivity contribution in [3.05, 3.63) is 41.5 Å². The Morgan fingerprint density at radius 3 is 2.86 bits per heavy atom. The van der Waals surface area contributed by atoms with Gasteiger partial charge in [0.25, 0.3) is 0 Å². The Morgan fingerprint density at radius 2 is 2.14 bits per heavy atom. The van der Waals surface area contributed by atoms with Crippen LogP contribution < -0.4 is 5.32 Å². The van der Waals surface area contributed by atoms with Crippen LogP contribution in [-0.4, -0.2) is 45.0 Å². The maximum atomic E-state index is 4.56. The van der Waals surface area contributed by atoms with Gasteiger partial charge in [-0.15, -0.1) is 5.10 Å². The maximum Gasteiger partial charge on any atom is 0.0964 e. The van der Waals surface area contributed by atoms with Crippen LogP contribution in [0.2, 0.25) is 0 Å². The molecule has 1 N–H and O–H groups in total. The molecule has 0 aliphatic heterocycles. The van der Waals surface area contributed by atoms with Crippen LogP contribution in [0.5, 0.6) is 0 Å². The fraction of sp³-hybridized carbons (Fsp3) is 0.533. The van der Waals surface area contributed by atoms with Crippen molar-refractivity contribution in [1.29, 1.82) is 0 Å². The van der Waals surface area contributed by atoms with Crippen LogP contribution in [0, 0.1) is 6.92 Å². The topological polar surface area (TPSA) is 58.9 Å². The van der Waals surface area contributed by atoms with Crippen LogP contribution in [0.15, 0.2) is 24.4 Å². The lowest BCUT2D eigenvalue weighted by Gasteiger charge is -2.19. The monoisotopic (exact) mass is 288 g/mol. The van der Waals surface area contributed by atoms with Gasteiger partial charge in [-0.25, -0.2) is 0 Å². The molecule has 0 bridgehead atoms. The second-order valence-electron chi connectivity index (χ2n) is 5.14. The van der Waals surface area contributed by atoms with Gasteiger partial charge in [-0.05, 0) is 32.6 Å². The number of aryl methyl sites for hydroxylation is 1. The van der Waals surface area contributed by atoms with Crippen molar-refractivity contribution in [3.63, 3.8) is 0 Å². The second kappa shape index (κ2) is 7.85. The smallest absolute Gasteiger partial charge is 0.0964 e. The van der Waals surface area contributed by atoms with Gasteiger partial charge in [0.1, 0.15) is 0 Å². The van der Waals surface area contributed by atoms with E-state index in [1.54, 1.807) is 0 Å². The van der Waals surface area contributed by atoms with Gasteiger partial charge in [0.05, 0.1) is 17.9 Å². The SMILES string of the molecule is CCN(CCn1cc(CNC)nn1)Cc1cccc(C)n1. The molecular formula is C15H24N6. The van der Waals surface area contributed by atoms with Gasteiger partial charge in [0, 0.05) is 31.5 Å². The molecule has 114 valence electrons. The van der Waals surface area contributed by atoms with Crippen molar-refractivity contribution in [3.8, 4) is 0 Å². The predicted octanol–water partition coefficient (Wildman–Crippen LogP) is 1.22. The van der Waals surface area contributed by atoms with Gasteiger partial charge in [-0.1, -0.05) is 18.2 Å². The molecule has 6 heteroatoms. The highest BCUT2D eigenvalue weighted by atomic mass is 15.4. The molecular weight excluding hydrogens is 264 g/mol. The fourth-order valence-electron chi connectivity index (χ4n) is 2.22. The molecule has 0 atom stereocenters. The van der Waals surface area contributed by atoms with Crippen LogP contribution in [-0.2, 0) is 19.6 Å². The normalized spacial score (nSPS) is 11.2. The Morgan fingerprint density at radius 1 is 1.29 bits per heavy atom. The Bertz CT molecular complexity index is 551. The zero-order chi connectivity index (χ0) is 15.1. The highest BCUT2D eigenvalue weighted by Crippen LogP contribution is 2.04. The summed E-state index contributed by atoms with van der Waals surface area (Å²) >= 11 is 0. The number of hydrogen-bond donors (Lipinski definition) is 1. The quantitative estimate of drug-likeness (QED) is 0.791. The van der Waals surface area contributed by atoms with E-state index in [0.717, 1.165) is 49.8 Å². The molecule has 0 saturated carbocycles. The van der Waals surface area contributed by atoms with Crippen molar-refractivity contribution in [2.75, 3.05) is 20.1 Å². The third-order valence-electron chi connectivity index (χ3n) is 3.37. The van der Waals surface area contributed by atoms with Crippen LogP contribution >= 0.6 is 0 Å². The third-order valence-corrected chi connectivity index (χ3v) is 3.37. The highest BCUT2D eigenvalue weighted by Gasteiger charge is 2.06. The number of hydrogen-bond acceptors (Lipinski definition) is 5.